The normalized spacial score (nSPS) is 10.6. The number of hydrogen-bond acceptors (Lipinski definition) is 3. The quantitative estimate of drug-likeness (QED) is 0.857. The van der Waals surface area contributed by atoms with Crippen molar-refractivity contribution in [1.29, 1.82) is 0 Å². The van der Waals surface area contributed by atoms with Crippen molar-refractivity contribution >= 4 is 11.6 Å². The van der Waals surface area contributed by atoms with Crippen LogP contribution in [0.2, 0.25) is 5.15 Å². The maximum Gasteiger partial charge on any atom is 0.132 e. The molecule has 1 aromatic carbocycles. The number of phenols is 1. The molecule has 1 aromatic heterocycles. The van der Waals surface area contributed by atoms with Crippen LogP contribution in [0, 0.1) is 0 Å². The Bertz CT molecular complexity index is 479. The number of halogens is 1. The number of phenolic OH excluding ortho intramolecular Hbond substituents is 1. The number of aliphatic hydroxyl groups is 1. The number of aromatic hydroxyl groups is 1. The van der Waals surface area contributed by atoms with Crippen LogP contribution in [0.4, 0.5) is 0 Å². The van der Waals surface area contributed by atoms with Gasteiger partial charge in [-0.2, -0.15) is 5.10 Å². The molecule has 0 radical (unpaired) electrons. The van der Waals surface area contributed by atoms with E-state index in [4.69, 9.17) is 21.8 Å². The van der Waals surface area contributed by atoms with Gasteiger partial charge in [0.15, 0.2) is 0 Å². The highest BCUT2D eigenvalue weighted by molar-refractivity contribution is 6.30. The lowest BCUT2D eigenvalue weighted by Gasteiger charge is -2.04. The number of nitrogens with zero attached hydrogens (tertiary/aromatic N) is 2. The fraction of sp³-hybridized carbons (Fsp3) is 0.182. The Labute approximate surface area is 97.7 Å². The first-order valence-electron chi connectivity index (χ1n) is 4.79. The van der Waals surface area contributed by atoms with E-state index in [2.05, 4.69) is 5.10 Å². The van der Waals surface area contributed by atoms with Gasteiger partial charge in [-0.05, 0) is 17.7 Å². The molecule has 84 valence electrons. The van der Waals surface area contributed by atoms with Crippen LogP contribution >= 0.6 is 11.6 Å². The van der Waals surface area contributed by atoms with Crippen LogP contribution in [0.1, 0.15) is 11.1 Å². The van der Waals surface area contributed by atoms with Crippen LogP contribution in [-0.4, -0.2) is 20.0 Å². The Balaban J connectivity index is 2.20. The lowest BCUT2D eigenvalue weighted by Crippen LogP contribution is -2.01. The van der Waals surface area contributed by atoms with Gasteiger partial charge in [0.1, 0.15) is 10.9 Å². The predicted molar refractivity (Wildman–Crippen MR) is 60.4 cm³/mol. The molecule has 5 heteroatoms. The summed E-state index contributed by atoms with van der Waals surface area (Å²) in [6.45, 7) is 0.396. The highest BCUT2D eigenvalue weighted by atomic mass is 35.5. The first-order valence-corrected chi connectivity index (χ1v) is 5.17. The van der Waals surface area contributed by atoms with Gasteiger partial charge in [-0.25, -0.2) is 4.68 Å². The van der Waals surface area contributed by atoms with E-state index in [0.29, 0.717) is 17.3 Å². The third kappa shape index (κ3) is 2.18. The first kappa shape index (κ1) is 11.0. The molecule has 0 saturated heterocycles. The SMILES string of the molecule is OCc1cnn(Cc2ccc(O)cc2)c1Cl. The number of hydrogen-bond donors (Lipinski definition) is 2. The molecule has 0 aliphatic rings. The number of benzene rings is 1. The Morgan fingerprint density at radius 1 is 1.25 bits per heavy atom. The Hall–Kier alpha value is -1.52. The van der Waals surface area contributed by atoms with Crippen LogP contribution in [-0.2, 0) is 13.2 Å². The molecule has 0 aliphatic carbocycles. The van der Waals surface area contributed by atoms with Gasteiger partial charge in [0.05, 0.1) is 19.3 Å². The summed E-state index contributed by atoms with van der Waals surface area (Å²) in [5.41, 5.74) is 1.59. The van der Waals surface area contributed by atoms with E-state index in [-0.39, 0.29) is 12.4 Å². The van der Waals surface area contributed by atoms with Crippen molar-refractivity contribution in [3.8, 4) is 5.75 Å². The molecule has 0 bridgehead atoms. The number of aromatic nitrogens is 2. The summed E-state index contributed by atoms with van der Waals surface area (Å²) in [7, 11) is 0. The molecule has 0 unspecified atom stereocenters. The molecule has 0 fully saturated rings. The molecular formula is C11H11ClN2O2. The van der Waals surface area contributed by atoms with E-state index >= 15 is 0 Å². The molecule has 2 rings (SSSR count). The predicted octanol–water partition coefficient (Wildman–Crippen LogP) is 1.78. The summed E-state index contributed by atoms with van der Waals surface area (Å²) < 4.78 is 1.60. The van der Waals surface area contributed by atoms with Crippen molar-refractivity contribution < 1.29 is 10.2 Å². The standard InChI is InChI=1S/C11H11ClN2O2/c12-11-9(7-15)5-13-14(11)6-8-1-3-10(16)4-2-8/h1-5,15-16H,6-7H2. The average Bonchev–Trinajstić information content (AvgIpc) is 2.63. The Morgan fingerprint density at radius 3 is 2.50 bits per heavy atom. The van der Waals surface area contributed by atoms with Gasteiger partial charge in [-0.15, -0.1) is 0 Å². The minimum absolute atomic E-state index is 0.117. The van der Waals surface area contributed by atoms with Crippen LogP contribution in [0.25, 0.3) is 0 Å². The summed E-state index contributed by atoms with van der Waals surface area (Å²) in [6, 6.07) is 6.82. The first-order chi connectivity index (χ1) is 7.70. The largest absolute Gasteiger partial charge is 0.508 e. The molecule has 1 heterocycles. The van der Waals surface area contributed by atoms with Gasteiger partial charge in [-0.1, -0.05) is 23.7 Å². The lowest BCUT2D eigenvalue weighted by atomic mass is 10.2. The van der Waals surface area contributed by atoms with Gasteiger partial charge >= 0.3 is 0 Å². The summed E-state index contributed by atoms with van der Waals surface area (Å²) in [6.07, 6.45) is 1.54. The zero-order valence-electron chi connectivity index (χ0n) is 8.47. The molecule has 2 N–H and O–H groups in total. The molecule has 0 saturated carbocycles. The van der Waals surface area contributed by atoms with E-state index in [1.807, 2.05) is 0 Å². The third-order valence-electron chi connectivity index (χ3n) is 2.28. The third-order valence-corrected chi connectivity index (χ3v) is 2.72. The minimum Gasteiger partial charge on any atom is -0.508 e. The fourth-order valence-electron chi connectivity index (χ4n) is 1.40. The van der Waals surface area contributed by atoms with Crippen molar-refractivity contribution in [2.45, 2.75) is 13.2 Å². The van der Waals surface area contributed by atoms with Crippen molar-refractivity contribution in [3.63, 3.8) is 0 Å². The fourth-order valence-corrected chi connectivity index (χ4v) is 1.61. The van der Waals surface area contributed by atoms with E-state index in [1.54, 1.807) is 35.1 Å². The number of aliphatic hydroxyl groups excluding tert-OH is 1. The minimum atomic E-state index is -0.117. The maximum absolute atomic E-state index is 9.14. The molecule has 0 spiro atoms. The zero-order chi connectivity index (χ0) is 11.5. The summed E-state index contributed by atoms with van der Waals surface area (Å²) in [5.74, 6) is 0.228. The second-order valence-electron chi connectivity index (χ2n) is 3.44. The topological polar surface area (TPSA) is 58.3 Å². The van der Waals surface area contributed by atoms with Gasteiger partial charge in [-0.3, -0.25) is 0 Å². The van der Waals surface area contributed by atoms with Gasteiger partial charge in [0.25, 0.3) is 0 Å². The van der Waals surface area contributed by atoms with E-state index in [9.17, 15) is 0 Å². The highest BCUT2D eigenvalue weighted by Crippen LogP contribution is 2.17. The smallest absolute Gasteiger partial charge is 0.132 e. The molecule has 0 aliphatic heterocycles. The number of rotatable bonds is 3. The van der Waals surface area contributed by atoms with Crippen molar-refractivity contribution in [2.75, 3.05) is 0 Å². The van der Waals surface area contributed by atoms with Gasteiger partial charge in [0, 0.05) is 5.56 Å². The van der Waals surface area contributed by atoms with Crippen LogP contribution < -0.4 is 0 Å². The van der Waals surface area contributed by atoms with Gasteiger partial charge < -0.3 is 10.2 Å². The average molecular weight is 239 g/mol. The van der Waals surface area contributed by atoms with Crippen LogP contribution in [0.3, 0.4) is 0 Å². The van der Waals surface area contributed by atoms with E-state index < -0.39 is 0 Å². The molecule has 0 amide bonds. The van der Waals surface area contributed by atoms with E-state index in [0.717, 1.165) is 5.56 Å². The van der Waals surface area contributed by atoms with Crippen LogP contribution in [0.5, 0.6) is 5.75 Å². The Morgan fingerprint density at radius 2 is 1.94 bits per heavy atom. The monoisotopic (exact) mass is 238 g/mol. The van der Waals surface area contributed by atoms with Gasteiger partial charge in [0.2, 0.25) is 0 Å². The summed E-state index contributed by atoms with van der Waals surface area (Å²) >= 11 is 6.00. The maximum atomic E-state index is 9.14. The Kier molecular flexibility index (Phi) is 3.12. The highest BCUT2D eigenvalue weighted by Gasteiger charge is 2.07. The second-order valence-corrected chi connectivity index (χ2v) is 3.80. The van der Waals surface area contributed by atoms with Crippen molar-refractivity contribution in [2.24, 2.45) is 0 Å². The molecule has 4 nitrogen and oxygen atoms in total. The van der Waals surface area contributed by atoms with E-state index in [1.165, 1.54) is 0 Å². The summed E-state index contributed by atoms with van der Waals surface area (Å²) in [4.78, 5) is 0. The summed E-state index contributed by atoms with van der Waals surface area (Å²) in [5, 5.41) is 22.6. The van der Waals surface area contributed by atoms with Crippen LogP contribution in [0.15, 0.2) is 30.5 Å². The second kappa shape index (κ2) is 4.55. The molecule has 0 atom stereocenters. The lowest BCUT2D eigenvalue weighted by molar-refractivity contribution is 0.282. The molecule has 16 heavy (non-hydrogen) atoms. The zero-order valence-corrected chi connectivity index (χ0v) is 9.22. The van der Waals surface area contributed by atoms with Crippen molar-refractivity contribution in [1.82, 2.24) is 9.78 Å². The molecule has 2 aromatic rings. The van der Waals surface area contributed by atoms with Crippen molar-refractivity contribution in [3.05, 3.63) is 46.7 Å². The molecular weight excluding hydrogens is 228 g/mol.